The van der Waals surface area contributed by atoms with Gasteiger partial charge in [-0.15, -0.1) is 0 Å². The minimum Gasteiger partial charge on any atom is -0.370 e. The Hall–Kier alpha value is -3.81. The lowest BCUT2D eigenvalue weighted by atomic mass is 10.1. The summed E-state index contributed by atoms with van der Waals surface area (Å²) in [6.45, 7) is 6.72. The summed E-state index contributed by atoms with van der Waals surface area (Å²) >= 11 is 0. The van der Waals surface area contributed by atoms with Crippen LogP contribution in [0.15, 0.2) is 48.9 Å². The van der Waals surface area contributed by atoms with E-state index in [1.807, 2.05) is 25.3 Å². The van der Waals surface area contributed by atoms with Gasteiger partial charge in [-0.2, -0.15) is 9.61 Å². The lowest BCUT2D eigenvalue weighted by molar-refractivity contribution is 0.622. The molecule has 0 aliphatic carbocycles. The van der Waals surface area contributed by atoms with Gasteiger partial charge in [0, 0.05) is 41.0 Å². The number of aromatic nitrogens is 5. The summed E-state index contributed by atoms with van der Waals surface area (Å²) in [5, 5.41) is 8.87. The van der Waals surface area contributed by atoms with E-state index in [0.29, 0.717) is 29.7 Å². The average Bonchev–Trinajstić information content (AvgIpc) is 3.36. The van der Waals surface area contributed by atoms with Gasteiger partial charge < -0.3 is 10.3 Å². The van der Waals surface area contributed by atoms with Crippen LogP contribution in [0.25, 0.3) is 27.8 Å². The summed E-state index contributed by atoms with van der Waals surface area (Å²) in [6, 6.07) is 8.39. The van der Waals surface area contributed by atoms with E-state index in [9.17, 15) is 8.78 Å². The van der Waals surface area contributed by atoms with Crippen molar-refractivity contribution in [3.63, 3.8) is 0 Å². The molecule has 5 rings (SSSR count). The fraction of sp³-hybridized carbons (Fsp3) is 0.240. The van der Waals surface area contributed by atoms with Gasteiger partial charge in [0.05, 0.1) is 23.6 Å². The fourth-order valence-electron chi connectivity index (χ4n) is 4.22. The van der Waals surface area contributed by atoms with Crippen LogP contribution >= 0.6 is 0 Å². The van der Waals surface area contributed by atoms with Crippen molar-refractivity contribution in [2.24, 2.45) is 0 Å². The number of fused-ring (bicyclic) bond motifs is 2. The number of aromatic amines is 1. The van der Waals surface area contributed by atoms with E-state index in [1.165, 1.54) is 18.3 Å². The highest BCUT2D eigenvalue weighted by Gasteiger charge is 2.16. The normalized spacial score (nSPS) is 11.7. The Morgan fingerprint density at radius 2 is 1.97 bits per heavy atom. The van der Waals surface area contributed by atoms with Crippen LogP contribution in [0, 0.1) is 18.6 Å². The first-order valence-electron chi connectivity index (χ1n) is 10.9. The standard InChI is InChI=1S/C25H24F2N6/c1-14(2)20-13-30-33-23(10-22(32-25(20)33)16-9-17(26)12-28-11-16)29-8-7-18-15(3)31-24-19(18)5-4-6-21(24)27/h4-6,9-14,29,31H,7-8H2,1-3H3. The van der Waals surface area contributed by atoms with Crippen LogP contribution in [-0.2, 0) is 6.42 Å². The molecule has 0 spiro atoms. The number of hydrogen-bond donors (Lipinski definition) is 2. The van der Waals surface area contributed by atoms with Gasteiger partial charge in [-0.1, -0.05) is 26.0 Å². The number of nitrogens with zero attached hydrogens (tertiary/aromatic N) is 4. The van der Waals surface area contributed by atoms with Crippen molar-refractivity contribution in [2.45, 2.75) is 33.1 Å². The smallest absolute Gasteiger partial charge is 0.161 e. The van der Waals surface area contributed by atoms with Crippen molar-refractivity contribution >= 4 is 22.4 Å². The van der Waals surface area contributed by atoms with E-state index in [0.717, 1.165) is 33.7 Å². The van der Waals surface area contributed by atoms with Gasteiger partial charge in [-0.25, -0.2) is 13.8 Å². The van der Waals surface area contributed by atoms with Gasteiger partial charge in [-0.3, -0.25) is 4.98 Å². The second-order valence-corrected chi connectivity index (χ2v) is 8.48. The first kappa shape index (κ1) is 21.1. The number of benzene rings is 1. The van der Waals surface area contributed by atoms with Crippen LogP contribution < -0.4 is 5.32 Å². The number of hydrogen-bond acceptors (Lipinski definition) is 4. The summed E-state index contributed by atoms with van der Waals surface area (Å²) < 4.78 is 29.7. The molecule has 0 amide bonds. The summed E-state index contributed by atoms with van der Waals surface area (Å²) in [6.07, 6.45) is 5.28. The van der Waals surface area contributed by atoms with Crippen molar-refractivity contribution in [3.8, 4) is 11.3 Å². The Kier molecular flexibility index (Phi) is 5.28. The van der Waals surface area contributed by atoms with Crippen LogP contribution in [0.5, 0.6) is 0 Å². The molecule has 0 radical (unpaired) electrons. The molecule has 0 unspecified atom stereocenters. The molecule has 0 fully saturated rings. The molecule has 0 atom stereocenters. The second-order valence-electron chi connectivity index (χ2n) is 8.48. The lowest BCUT2D eigenvalue weighted by Crippen LogP contribution is -2.10. The first-order chi connectivity index (χ1) is 15.9. The quantitative estimate of drug-likeness (QED) is 0.354. The van der Waals surface area contributed by atoms with Gasteiger partial charge in [0.2, 0.25) is 0 Å². The van der Waals surface area contributed by atoms with Crippen LogP contribution in [0.2, 0.25) is 0 Å². The minimum atomic E-state index is -0.414. The Balaban J connectivity index is 1.50. The second kappa shape index (κ2) is 8.27. The largest absolute Gasteiger partial charge is 0.370 e. The summed E-state index contributed by atoms with van der Waals surface area (Å²) in [5.74, 6) is 0.308. The Bertz CT molecular complexity index is 1470. The van der Waals surface area contributed by atoms with Crippen molar-refractivity contribution in [2.75, 3.05) is 11.9 Å². The average molecular weight is 447 g/mol. The highest BCUT2D eigenvalue weighted by atomic mass is 19.1. The zero-order chi connectivity index (χ0) is 23.1. The topological polar surface area (TPSA) is 70.9 Å². The third-order valence-corrected chi connectivity index (χ3v) is 5.91. The molecule has 4 heterocycles. The molecule has 0 bridgehead atoms. The number of anilines is 1. The molecule has 0 aliphatic heterocycles. The molecule has 168 valence electrons. The van der Waals surface area contributed by atoms with E-state index in [-0.39, 0.29) is 11.7 Å². The van der Waals surface area contributed by atoms with Crippen molar-refractivity contribution < 1.29 is 8.78 Å². The maximum atomic E-state index is 14.1. The van der Waals surface area contributed by atoms with Gasteiger partial charge in [0.25, 0.3) is 0 Å². The number of H-pyrrole nitrogens is 1. The number of aryl methyl sites for hydroxylation is 1. The van der Waals surface area contributed by atoms with Gasteiger partial charge in [-0.05, 0) is 37.0 Å². The third-order valence-electron chi connectivity index (χ3n) is 5.91. The number of halogens is 2. The maximum Gasteiger partial charge on any atom is 0.161 e. The van der Waals surface area contributed by atoms with E-state index in [2.05, 4.69) is 34.2 Å². The predicted octanol–water partition coefficient (Wildman–Crippen LogP) is 5.64. The molecule has 8 heteroatoms. The van der Waals surface area contributed by atoms with E-state index in [4.69, 9.17) is 4.98 Å². The number of pyridine rings is 1. The molecule has 4 aromatic heterocycles. The van der Waals surface area contributed by atoms with Gasteiger partial charge in [0.1, 0.15) is 17.5 Å². The van der Waals surface area contributed by atoms with E-state index in [1.54, 1.807) is 16.8 Å². The lowest BCUT2D eigenvalue weighted by Gasteiger charge is -2.12. The first-order valence-corrected chi connectivity index (χ1v) is 10.9. The SMILES string of the molecule is Cc1[nH]c2c(F)cccc2c1CCNc1cc(-c2cncc(F)c2)nc2c(C(C)C)cnn12. The molecule has 5 aromatic rings. The Morgan fingerprint density at radius 3 is 2.76 bits per heavy atom. The molecule has 2 N–H and O–H groups in total. The number of para-hydroxylation sites is 1. The molecular formula is C25H24F2N6. The fourth-order valence-corrected chi connectivity index (χ4v) is 4.22. The van der Waals surface area contributed by atoms with Gasteiger partial charge >= 0.3 is 0 Å². The zero-order valence-corrected chi connectivity index (χ0v) is 18.7. The van der Waals surface area contributed by atoms with E-state index >= 15 is 0 Å². The molecule has 0 aliphatic rings. The Morgan fingerprint density at radius 1 is 1.12 bits per heavy atom. The molecule has 33 heavy (non-hydrogen) atoms. The van der Waals surface area contributed by atoms with Crippen LogP contribution in [-0.4, -0.2) is 31.1 Å². The summed E-state index contributed by atoms with van der Waals surface area (Å²) in [5.41, 5.74) is 5.49. The maximum absolute atomic E-state index is 14.1. The van der Waals surface area contributed by atoms with E-state index < -0.39 is 5.82 Å². The summed E-state index contributed by atoms with van der Waals surface area (Å²) in [4.78, 5) is 11.9. The minimum absolute atomic E-state index is 0.229. The van der Waals surface area contributed by atoms with Crippen molar-refractivity contribution in [1.29, 1.82) is 0 Å². The Labute approximate surface area is 189 Å². The molecular weight excluding hydrogens is 422 g/mol. The molecule has 0 saturated carbocycles. The zero-order valence-electron chi connectivity index (χ0n) is 18.7. The molecule has 0 saturated heterocycles. The number of nitrogens with one attached hydrogen (secondary N) is 2. The predicted molar refractivity (Wildman–Crippen MR) is 125 cm³/mol. The highest BCUT2D eigenvalue weighted by Crippen LogP contribution is 2.28. The van der Waals surface area contributed by atoms with Gasteiger partial charge in [0.15, 0.2) is 5.65 Å². The third kappa shape index (κ3) is 3.82. The molecule has 6 nitrogen and oxygen atoms in total. The molecule has 1 aromatic carbocycles. The monoisotopic (exact) mass is 446 g/mol. The highest BCUT2D eigenvalue weighted by molar-refractivity contribution is 5.85. The van der Waals surface area contributed by atoms with Crippen molar-refractivity contribution in [3.05, 3.63) is 77.4 Å². The number of rotatable bonds is 6. The van der Waals surface area contributed by atoms with Crippen LogP contribution in [0.4, 0.5) is 14.6 Å². The van der Waals surface area contributed by atoms with Crippen molar-refractivity contribution in [1.82, 2.24) is 24.6 Å². The van der Waals surface area contributed by atoms with Crippen LogP contribution in [0.3, 0.4) is 0 Å². The summed E-state index contributed by atoms with van der Waals surface area (Å²) in [7, 11) is 0. The van der Waals surface area contributed by atoms with Crippen LogP contribution in [0.1, 0.15) is 36.6 Å².